The van der Waals surface area contributed by atoms with Gasteiger partial charge in [-0.3, -0.25) is 10.1 Å². The van der Waals surface area contributed by atoms with Crippen molar-refractivity contribution in [1.29, 1.82) is 0 Å². The molecule has 1 aromatic carbocycles. The van der Waals surface area contributed by atoms with E-state index in [2.05, 4.69) is 20.7 Å². The third-order valence-corrected chi connectivity index (χ3v) is 2.29. The van der Waals surface area contributed by atoms with Crippen LogP contribution in [-0.2, 0) is 4.79 Å². The number of hydrogen-bond acceptors (Lipinski definition) is 4. The van der Waals surface area contributed by atoms with Crippen molar-refractivity contribution in [2.75, 3.05) is 0 Å². The van der Waals surface area contributed by atoms with Gasteiger partial charge in [0.1, 0.15) is 0 Å². The maximum absolute atomic E-state index is 12.9. The summed E-state index contributed by atoms with van der Waals surface area (Å²) in [5.41, 5.74) is -0.240. The Hall–Kier alpha value is -1.70. The highest BCUT2D eigenvalue weighted by molar-refractivity contribution is 9.10. The maximum Gasteiger partial charge on any atom is 0.378 e. The summed E-state index contributed by atoms with van der Waals surface area (Å²) >= 11 is 3.04. The predicted molar refractivity (Wildman–Crippen MR) is 58.7 cm³/mol. The Morgan fingerprint density at radius 1 is 1.65 bits per heavy atom. The lowest BCUT2D eigenvalue weighted by atomic mass is 10.2. The van der Waals surface area contributed by atoms with E-state index < -0.39 is 28.7 Å². The van der Waals surface area contributed by atoms with Gasteiger partial charge in [0.2, 0.25) is 5.75 Å². The van der Waals surface area contributed by atoms with Crippen LogP contribution < -0.4 is 4.74 Å². The molecule has 6 nitrogen and oxygen atoms in total. The van der Waals surface area contributed by atoms with Crippen LogP contribution in [0, 0.1) is 17.0 Å². The van der Waals surface area contributed by atoms with Crippen LogP contribution in [0.15, 0.2) is 16.6 Å². The minimum Gasteiger partial charge on any atom is -0.476 e. The standard InChI is InChI=1S/C9H7BrFNO5/c1-4-2-5(10)3-6(12(15)16)7(4)17-8(11)9(13)14/h2-3,8H,1H3,(H,13,14). The van der Waals surface area contributed by atoms with E-state index in [-0.39, 0.29) is 5.56 Å². The van der Waals surface area contributed by atoms with Crippen LogP contribution in [0.1, 0.15) is 5.56 Å². The number of ether oxygens (including phenoxy) is 1. The van der Waals surface area contributed by atoms with Crippen LogP contribution in [0.25, 0.3) is 0 Å². The first-order chi connectivity index (χ1) is 7.82. The summed E-state index contributed by atoms with van der Waals surface area (Å²) in [5, 5.41) is 19.1. The number of carbonyl (C=O) groups is 1. The van der Waals surface area contributed by atoms with E-state index >= 15 is 0 Å². The lowest BCUT2D eigenvalue weighted by molar-refractivity contribution is -0.386. The van der Waals surface area contributed by atoms with E-state index in [1.165, 1.54) is 13.0 Å². The van der Waals surface area contributed by atoms with Crippen LogP contribution in [0.4, 0.5) is 10.1 Å². The summed E-state index contributed by atoms with van der Waals surface area (Å²) in [6, 6.07) is 2.56. The molecule has 1 atom stereocenters. The Balaban J connectivity index is 3.21. The quantitative estimate of drug-likeness (QED) is 0.681. The monoisotopic (exact) mass is 307 g/mol. The zero-order valence-corrected chi connectivity index (χ0v) is 10.1. The summed E-state index contributed by atoms with van der Waals surface area (Å²) in [5.74, 6) is -2.24. The number of nitro groups is 1. The van der Waals surface area contributed by atoms with Gasteiger partial charge < -0.3 is 9.84 Å². The highest BCUT2D eigenvalue weighted by atomic mass is 79.9. The number of nitro benzene ring substituents is 1. The second-order valence-electron chi connectivity index (χ2n) is 3.10. The molecule has 0 aliphatic carbocycles. The molecule has 92 valence electrons. The molecule has 0 radical (unpaired) electrons. The number of nitrogens with zero attached hydrogens (tertiary/aromatic N) is 1. The first kappa shape index (κ1) is 13.4. The van der Waals surface area contributed by atoms with Gasteiger partial charge in [-0.1, -0.05) is 15.9 Å². The molecule has 0 saturated heterocycles. The van der Waals surface area contributed by atoms with Crippen molar-refractivity contribution in [3.63, 3.8) is 0 Å². The molecule has 0 heterocycles. The van der Waals surface area contributed by atoms with Gasteiger partial charge >= 0.3 is 18.0 Å². The van der Waals surface area contributed by atoms with Crippen molar-refractivity contribution < 1.29 is 24.0 Å². The summed E-state index contributed by atoms with van der Waals surface area (Å²) in [7, 11) is 0. The number of carboxylic acids is 1. The first-order valence-electron chi connectivity index (χ1n) is 4.31. The summed E-state index contributed by atoms with van der Waals surface area (Å²) in [4.78, 5) is 20.2. The maximum atomic E-state index is 12.9. The Kier molecular flexibility index (Phi) is 4.00. The van der Waals surface area contributed by atoms with E-state index in [1.54, 1.807) is 0 Å². The van der Waals surface area contributed by atoms with Gasteiger partial charge in [-0.25, -0.2) is 4.79 Å². The van der Waals surface area contributed by atoms with Crippen molar-refractivity contribution in [2.24, 2.45) is 0 Å². The number of benzene rings is 1. The largest absolute Gasteiger partial charge is 0.476 e. The molecule has 17 heavy (non-hydrogen) atoms. The van der Waals surface area contributed by atoms with E-state index in [0.29, 0.717) is 4.47 Å². The fraction of sp³-hybridized carbons (Fsp3) is 0.222. The highest BCUT2D eigenvalue weighted by Crippen LogP contribution is 2.34. The van der Waals surface area contributed by atoms with Crippen molar-refractivity contribution >= 4 is 27.6 Å². The molecule has 0 saturated carbocycles. The van der Waals surface area contributed by atoms with Crippen LogP contribution in [-0.4, -0.2) is 22.4 Å². The second kappa shape index (κ2) is 5.09. The van der Waals surface area contributed by atoms with Gasteiger partial charge in [-0.15, -0.1) is 0 Å². The Morgan fingerprint density at radius 2 is 2.24 bits per heavy atom. The normalized spacial score (nSPS) is 11.9. The third kappa shape index (κ3) is 3.13. The van der Waals surface area contributed by atoms with Gasteiger partial charge in [-0.05, 0) is 18.6 Å². The fourth-order valence-electron chi connectivity index (χ4n) is 1.16. The van der Waals surface area contributed by atoms with Gasteiger partial charge in [0.05, 0.1) is 4.92 Å². The lowest BCUT2D eigenvalue weighted by Crippen LogP contribution is -2.22. The number of hydrogen-bond donors (Lipinski definition) is 1. The van der Waals surface area contributed by atoms with Crippen LogP contribution in [0.3, 0.4) is 0 Å². The van der Waals surface area contributed by atoms with Crippen LogP contribution >= 0.6 is 15.9 Å². The number of rotatable bonds is 4. The molecule has 0 bridgehead atoms. The molecular weight excluding hydrogens is 301 g/mol. The number of aliphatic carboxylic acids is 1. The van der Waals surface area contributed by atoms with Crippen molar-refractivity contribution in [3.05, 3.63) is 32.3 Å². The molecule has 1 N–H and O–H groups in total. The SMILES string of the molecule is Cc1cc(Br)cc([N+](=O)[O-])c1OC(F)C(=O)O. The zero-order valence-electron chi connectivity index (χ0n) is 8.52. The molecule has 8 heteroatoms. The van der Waals surface area contributed by atoms with Crippen molar-refractivity contribution in [1.82, 2.24) is 0 Å². The van der Waals surface area contributed by atoms with E-state index in [9.17, 15) is 19.3 Å². The molecule has 1 unspecified atom stereocenters. The summed E-state index contributed by atoms with van der Waals surface area (Å²) in [6.45, 7) is 1.45. The Morgan fingerprint density at radius 3 is 2.71 bits per heavy atom. The summed E-state index contributed by atoms with van der Waals surface area (Å²) < 4.78 is 17.7. The number of aryl methyl sites for hydroxylation is 1. The second-order valence-corrected chi connectivity index (χ2v) is 4.02. The van der Waals surface area contributed by atoms with E-state index in [4.69, 9.17) is 5.11 Å². The van der Waals surface area contributed by atoms with E-state index in [0.717, 1.165) is 6.07 Å². The number of halogens is 2. The molecule has 0 amide bonds. The van der Waals surface area contributed by atoms with Gasteiger partial charge in [0, 0.05) is 10.5 Å². The Labute approximate surface area is 103 Å². The van der Waals surface area contributed by atoms with Crippen LogP contribution in [0.5, 0.6) is 5.75 Å². The minimum absolute atomic E-state index is 0.259. The van der Waals surface area contributed by atoms with Crippen LogP contribution in [0.2, 0.25) is 0 Å². The molecule has 1 aromatic rings. The first-order valence-corrected chi connectivity index (χ1v) is 5.10. The van der Waals surface area contributed by atoms with Crippen molar-refractivity contribution in [3.8, 4) is 5.75 Å². The molecule has 0 aromatic heterocycles. The zero-order chi connectivity index (χ0) is 13.2. The smallest absolute Gasteiger partial charge is 0.378 e. The molecule has 0 aliphatic heterocycles. The lowest BCUT2D eigenvalue weighted by Gasteiger charge is -2.10. The average Bonchev–Trinajstić information content (AvgIpc) is 2.20. The molecule has 1 rings (SSSR count). The Bertz CT molecular complexity index is 479. The topological polar surface area (TPSA) is 89.7 Å². The molecular formula is C9H7BrFNO5. The van der Waals surface area contributed by atoms with Crippen molar-refractivity contribution in [2.45, 2.75) is 13.3 Å². The van der Waals surface area contributed by atoms with Gasteiger partial charge in [0.15, 0.2) is 0 Å². The number of alkyl halides is 1. The fourth-order valence-corrected chi connectivity index (χ4v) is 1.72. The van der Waals surface area contributed by atoms with Gasteiger partial charge in [-0.2, -0.15) is 4.39 Å². The van der Waals surface area contributed by atoms with Gasteiger partial charge in [0.25, 0.3) is 0 Å². The molecule has 0 spiro atoms. The molecule has 0 fully saturated rings. The van der Waals surface area contributed by atoms with E-state index in [1.807, 2.05) is 0 Å². The number of carboxylic acid groups (broad SMARTS) is 1. The third-order valence-electron chi connectivity index (χ3n) is 1.83. The summed E-state index contributed by atoms with van der Waals surface area (Å²) in [6.07, 6.45) is -2.64. The average molecular weight is 308 g/mol. The highest BCUT2D eigenvalue weighted by Gasteiger charge is 2.25. The molecule has 0 aliphatic rings. The predicted octanol–water partition coefficient (Wildman–Crippen LogP) is 2.42. The minimum atomic E-state index is -2.64.